The topological polar surface area (TPSA) is 75.9 Å². The number of carbonyl (C=O) groups is 1. The minimum Gasteiger partial charge on any atom is -0.372 e. The van der Waals surface area contributed by atoms with E-state index in [0.29, 0.717) is 5.16 Å². The Bertz CT molecular complexity index is 997. The number of nitrogens with one attached hydrogen (secondary N) is 1. The molecule has 1 atom stereocenters. The zero-order valence-electron chi connectivity index (χ0n) is 17.3. The molecule has 3 aromatic rings. The summed E-state index contributed by atoms with van der Waals surface area (Å²) in [5.74, 6) is -0.0792. The molecular formula is C22H26N6OS. The van der Waals surface area contributed by atoms with Crippen LogP contribution in [0.4, 0.5) is 11.4 Å². The second kappa shape index (κ2) is 9.30. The number of anilines is 2. The fourth-order valence-corrected chi connectivity index (χ4v) is 4.34. The number of hydrogen-bond donors (Lipinski definition) is 1. The van der Waals surface area contributed by atoms with Gasteiger partial charge < -0.3 is 10.2 Å². The highest BCUT2D eigenvalue weighted by atomic mass is 32.2. The van der Waals surface area contributed by atoms with Crippen molar-refractivity contribution in [1.29, 1.82) is 0 Å². The zero-order chi connectivity index (χ0) is 20.9. The third-order valence-electron chi connectivity index (χ3n) is 5.19. The molecule has 0 spiro atoms. The second-order valence-corrected chi connectivity index (χ2v) is 8.86. The highest BCUT2D eigenvalue weighted by Crippen LogP contribution is 2.25. The lowest BCUT2D eigenvalue weighted by Crippen LogP contribution is -2.29. The molecule has 1 aliphatic rings. The number of carbonyl (C=O) groups excluding carboxylic acids is 1. The average Bonchev–Trinajstić information content (AvgIpc) is 3.23. The molecule has 1 N–H and O–H groups in total. The van der Waals surface area contributed by atoms with Gasteiger partial charge in [0.1, 0.15) is 0 Å². The quantitative estimate of drug-likeness (QED) is 0.603. The molecule has 0 aliphatic carbocycles. The Morgan fingerprint density at radius 3 is 2.57 bits per heavy atom. The molecular weight excluding hydrogens is 396 g/mol. The molecule has 0 radical (unpaired) electrons. The minimum absolute atomic E-state index is 0.0792. The van der Waals surface area contributed by atoms with Gasteiger partial charge >= 0.3 is 0 Å². The van der Waals surface area contributed by atoms with E-state index in [1.807, 2.05) is 50.2 Å². The maximum absolute atomic E-state index is 12.7. The van der Waals surface area contributed by atoms with E-state index >= 15 is 0 Å². The normalized spacial score (nSPS) is 15.1. The summed E-state index contributed by atoms with van der Waals surface area (Å²) in [6, 6.07) is 16.0. The van der Waals surface area contributed by atoms with Crippen molar-refractivity contribution in [3.63, 3.8) is 0 Å². The molecule has 1 saturated heterocycles. The summed E-state index contributed by atoms with van der Waals surface area (Å²) < 4.78 is 1.66. The average molecular weight is 423 g/mol. The van der Waals surface area contributed by atoms with Gasteiger partial charge in [-0.05, 0) is 85.5 Å². The van der Waals surface area contributed by atoms with Crippen LogP contribution in [0.25, 0.3) is 5.69 Å². The SMILES string of the molecule is Cc1cccc(-n2nnnc2SC(C)C(=O)Nc2ccc(N3CCCCC3)cc2)c1. The van der Waals surface area contributed by atoms with Crippen LogP contribution in [-0.2, 0) is 4.79 Å². The number of thioether (sulfide) groups is 1. The van der Waals surface area contributed by atoms with E-state index < -0.39 is 0 Å². The van der Waals surface area contributed by atoms with E-state index in [4.69, 9.17) is 0 Å². The van der Waals surface area contributed by atoms with Crippen LogP contribution in [0.15, 0.2) is 53.7 Å². The molecule has 8 heteroatoms. The molecule has 1 fully saturated rings. The number of rotatable bonds is 6. The van der Waals surface area contributed by atoms with Crippen molar-refractivity contribution >= 4 is 29.0 Å². The van der Waals surface area contributed by atoms with Gasteiger partial charge in [-0.1, -0.05) is 23.9 Å². The van der Waals surface area contributed by atoms with E-state index in [1.165, 1.54) is 36.7 Å². The fraction of sp³-hybridized carbons (Fsp3) is 0.364. The van der Waals surface area contributed by atoms with Crippen molar-refractivity contribution in [1.82, 2.24) is 20.2 Å². The van der Waals surface area contributed by atoms with Gasteiger partial charge in [0.25, 0.3) is 0 Å². The molecule has 4 rings (SSSR count). The fourth-order valence-electron chi connectivity index (χ4n) is 3.54. The second-order valence-electron chi connectivity index (χ2n) is 7.56. The van der Waals surface area contributed by atoms with Crippen LogP contribution in [0.3, 0.4) is 0 Å². The molecule has 30 heavy (non-hydrogen) atoms. The van der Waals surface area contributed by atoms with Gasteiger partial charge in [0, 0.05) is 24.5 Å². The van der Waals surface area contributed by atoms with E-state index in [1.54, 1.807) is 4.68 Å². The minimum atomic E-state index is -0.346. The first-order valence-corrected chi connectivity index (χ1v) is 11.2. The van der Waals surface area contributed by atoms with Crippen LogP contribution in [0.1, 0.15) is 31.7 Å². The van der Waals surface area contributed by atoms with E-state index in [9.17, 15) is 4.79 Å². The van der Waals surface area contributed by atoms with Crippen LogP contribution < -0.4 is 10.2 Å². The molecule has 2 aromatic carbocycles. The Hall–Kier alpha value is -2.87. The number of tetrazole rings is 1. The number of hydrogen-bond acceptors (Lipinski definition) is 6. The lowest BCUT2D eigenvalue weighted by Gasteiger charge is -2.28. The lowest BCUT2D eigenvalue weighted by molar-refractivity contribution is -0.115. The molecule has 2 heterocycles. The third-order valence-corrected chi connectivity index (χ3v) is 6.23. The molecule has 1 unspecified atom stereocenters. The summed E-state index contributed by atoms with van der Waals surface area (Å²) in [6.07, 6.45) is 3.80. The summed E-state index contributed by atoms with van der Waals surface area (Å²) in [7, 11) is 0. The number of benzene rings is 2. The summed E-state index contributed by atoms with van der Waals surface area (Å²) >= 11 is 1.34. The number of amides is 1. The van der Waals surface area contributed by atoms with E-state index in [0.717, 1.165) is 30.0 Å². The Kier molecular flexibility index (Phi) is 6.32. The van der Waals surface area contributed by atoms with Gasteiger partial charge in [0.05, 0.1) is 10.9 Å². The van der Waals surface area contributed by atoms with Gasteiger partial charge in [-0.15, -0.1) is 5.10 Å². The van der Waals surface area contributed by atoms with E-state index in [-0.39, 0.29) is 11.2 Å². The summed E-state index contributed by atoms with van der Waals surface area (Å²) in [4.78, 5) is 15.1. The van der Waals surface area contributed by atoms with Crippen LogP contribution >= 0.6 is 11.8 Å². The van der Waals surface area contributed by atoms with Crippen molar-refractivity contribution in [2.24, 2.45) is 0 Å². The molecule has 156 valence electrons. The predicted octanol–water partition coefficient (Wildman–Crippen LogP) is 4.08. The van der Waals surface area contributed by atoms with Gasteiger partial charge in [-0.2, -0.15) is 4.68 Å². The van der Waals surface area contributed by atoms with Crippen molar-refractivity contribution in [2.45, 2.75) is 43.5 Å². The van der Waals surface area contributed by atoms with Gasteiger partial charge in [0.15, 0.2) is 0 Å². The number of piperidine rings is 1. The maximum Gasteiger partial charge on any atom is 0.237 e. The molecule has 1 aliphatic heterocycles. The van der Waals surface area contributed by atoms with Gasteiger partial charge in [-0.3, -0.25) is 4.79 Å². The lowest BCUT2D eigenvalue weighted by atomic mass is 10.1. The molecule has 0 saturated carbocycles. The summed E-state index contributed by atoms with van der Waals surface area (Å²) in [6.45, 7) is 6.09. The van der Waals surface area contributed by atoms with Crippen molar-refractivity contribution in [3.05, 3.63) is 54.1 Å². The van der Waals surface area contributed by atoms with Crippen molar-refractivity contribution in [3.8, 4) is 5.69 Å². The standard InChI is InChI=1S/C22H26N6OS/c1-16-7-6-8-20(15-16)28-22(24-25-26-28)30-17(2)21(29)23-18-9-11-19(12-10-18)27-13-4-3-5-14-27/h6-12,15,17H,3-5,13-14H2,1-2H3,(H,23,29). The molecule has 0 bridgehead atoms. The molecule has 7 nitrogen and oxygen atoms in total. The van der Waals surface area contributed by atoms with Crippen molar-refractivity contribution in [2.75, 3.05) is 23.3 Å². The summed E-state index contributed by atoms with van der Waals surface area (Å²) in [5.41, 5.74) is 4.01. The zero-order valence-corrected chi connectivity index (χ0v) is 18.1. The first-order valence-electron chi connectivity index (χ1n) is 10.3. The smallest absolute Gasteiger partial charge is 0.237 e. The predicted molar refractivity (Wildman–Crippen MR) is 120 cm³/mol. The highest BCUT2D eigenvalue weighted by Gasteiger charge is 2.20. The van der Waals surface area contributed by atoms with Crippen molar-refractivity contribution < 1.29 is 4.79 Å². The highest BCUT2D eigenvalue weighted by molar-refractivity contribution is 8.00. The number of aromatic nitrogens is 4. The first kappa shape index (κ1) is 20.4. The monoisotopic (exact) mass is 422 g/mol. The van der Waals surface area contributed by atoms with Crippen LogP contribution in [0.2, 0.25) is 0 Å². The maximum atomic E-state index is 12.7. The van der Waals surface area contributed by atoms with Crippen LogP contribution in [0.5, 0.6) is 0 Å². The van der Waals surface area contributed by atoms with Crippen LogP contribution in [-0.4, -0.2) is 44.5 Å². The molecule has 1 amide bonds. The number of nitrogens with zero attached hydrogens (tertiary/aromatic N) is 5. The third kappa shape index (κ3) is 4.81. The molecule has 1 aromatic heterocycles. The van der Waals surface area contributed by atoms with Crippen LogP contribution in [0, 0.1) is 6.92 Å². The summed E-state index contributed by atoms with van der Waals surface area (Å²) in [5, 5.41) is 15.2. The Balaban J connectivity index is 1.38. The van der Waals surface area contributed by atoms with E-state index in [2.05, 4.69) is 37.9 Å². The Morgan fingerprint density at radius 2 is 1.83 bits per heavy atom. The Labute approximate surface area is 180 Å². The van der Waals surface area contributed by atoms with Gasteiger partial charge in [-0.25, -0.2) is 0 Å². The largest absolute Gasteiger partial charge is 0.372 e. The number of aryl methyl sites for hydroxylation is 1. The first-order chi connectivity index (χ1) is 14.6. The Morgan fingerprint density at radius 1 is 1.07 bits per heavy atom. The van der Waals surface area contributed by atoms with Gasteiger partial charge in [0.2, 0.25) is 11.1 Å².